The number of hydrogen-bond donors (Lipinski definition) is 0. The first-order valence-electron chi connectivity index (χ1n) is 7.72. The van der Waals surface area contributed by atoms with Gasteiger partial charge in [0.2, 0.25) is 0 Å². The lowest BCUT2D eigenvalue weighted by Gasteiger charge is -2.13. The van der Waals surface area contributed by atoms with E-state index in [1.165, 1.54) is 0 Å². The number of aromatic nitrogens is 2. The summed E-state index contributed by atoms with van der Waals surface area (Å²) < 4.78 is 7.56. The predicted molar refractivity (Wildman–Crippen MR) is 100 cm³/mol. The molecule has 0 aliphatic heterocycles. The smallest absolute Gasteiger partial charge is 0.139 e. The van der Waals surface area contributed by atoms with Crippen molar-refractivity contribution in [3.63, 3.8) is 0 Å². The lowest BCUT2D eigenvalue weighted by Crippen LogP contribution is -2.06. The van der Waals surface area contributed by atoms with Gasteiger partial charge < -0.3 is 4.74 Å². The number of thioether (sulfide) groups is 1. The second kappa shape index (κ2) is 8.15. The Balaban J connectivity index is 2.65. The summed E-state index contributed by atoms with van der Waals surface area (Å²) in [6, 6.07) is 5.66. The van der Waals surface area contributed by atoms with Crippen LogP contribution in [0.5, 0.6) is 5.75 Å². The lowest BCUT2D eigenvalue weighted by molar-refractivity contribution is 0.242. The largest absolute Gasteiger partial charge is 0.489 e. The number of aryl methyl sites for hydroxylation is 1. The molecular weight excluding hydrogens is 365 g/mol. The Morgan fingerprint density at radius 1 is 1.29 bits per heavy atom. The van der Waals surface area contributed by atoms with Crippen LogP contribution >= 0.6 is 35.0 Å². The van der Waals surface area contributed by atoms with Crippen molar-refractivity contribution in [3.8, 4) is 23.1 Å². The third kappa shape index (κ3) is 3.83. The van der Waals surface area contributed by atoms with E-state index in [9.17, 15) is 5.26 Å². The topological polar surface area (TPSA) is 50.8 Å². The fraction of sp³-hybridized carbons (Fsp3) is 0.412. The minimum atomic E-state index is -0.0219. The Kier molecular flexibility index (Phi) is 6.45. The summed E-state index contributed by atoms with van der Waals surface area (Å²) >= 11 is 14.2. The van der Waals surface area contributed by atoms with Gasteiger partial charge in [0.25, 0.3) is 0 Å². The molecule has 2 rings (SSSR count). The summed E-state index contributed by atoms with van der Waals surface area (Å²) in [7, 11) is 0. The molecule has 2 aromatic rings. The third-order valence-electron chi connectivity index (χ3n) is 3.24. The van der Waals surface area contributed by atoms with E-state index in [1.54, 1.807) is 23.9 Å². The zero-order valence-electron chi connectivity index (χ0n) is 14.1. The molecule has 0 saturated heterocycles. The fourth-order valence-corrected chi connectivity index (χ4v) is 3.68. The van der Waals surface area contributed by atoms with Crippen molar-refractivity contribution in [2.45, 2.75) is 45.4 Å². The van der Waals surface area contributed by atoms with Crippen LogP contribution in [0.1, 0.15) is 33.3 Å². The van der Waals surface area contributed by atoms with Crippen molar-refractivity contribution in [1.82, 2.24) is 9.78 Å². The van der Waals surface area contributed by atoms with Gasteiger partial charge in [-0.15, -0.1) is 11.8 Å². The summed E-state index contributed by atoms with van der Waals surface area (Å²) in [5.41, 5.74) is 1.74. The van der Waals surface area contributed by atoms with Crippen molar-refractivity contribution < 1.29 is 4.74 Å². The summed E-state index contributed by atoms with van der Waals surface area (Å²) in [6.45, 7) is 8.56. The molecule has 0 unspecified atom stereocenters. The van der Waals surface area contributed by atoms with Crippen LogP contribution in [-0.2, 0) is 6.54 Å². The van der Waals surface area contributed by atoms with E-state index < -0.39 is 0 Å². The van der Waals surface area contributed by atoms with Crippen LogP contribution in [-0.4, -0.2) is 21.6 Å². The molecule has 1 aromatic carbocycles. The Morgan fingerprint density at radius 3 is 2.54 bits per heavy atom. The summed E-state index contributed by atoms with van der Waals surface area (Å²) in [5, 5.41) is 16.0. The van der Waals surface area contributed by atoms with Gasteiger partial charge in [-0.05, 0) is 38.7 Å². The Hall–Kier alpha value is -1.35. The van der Waals surface area contributed by atoms with Crippen LogP contribution < -0.4 is 4.74 Å². The van der Waals surface area contributed by atoms with Gasteiger partial charge in [-0.25, -0.2) is 0 Å². The van der Waals surface area contributed by atoms with E-state index in [0.717, 1.165) is 10.8 Å². The molecule has 1 heterocycles. The number of benzene rings is 1. The van der Waals surface area contributed by atoms with Crippen LogP contribution in [0.25, 0.3) is 11.3 Å². The van der Waals surface area contributed by atoms with Gasteiger partial charge in [-0.2, -0.15) is 10.4 Å². The van der Waals surface area contributed by atoms with Gasteiger partial charge in [-0.3, -0.25) is 4.68 Å². The average Bonchev–Trinajstić information content (AvgIpc) is 2.87. The number of ether oxygens (including phenoxy) is 1. The number of halogens is 2. The minimum Gasteiger partial charge on any atom is -0.489 e. The second-order valence-corrected chi connectivity index (χ2v) is 7.39. The molecule has 0 amide bonds. The first-order valence-corrected chi connectivity index (χ1v) is 9.46. The van der Waals surface area contributed by atoms with E-state index in [1.807, 2.05) is 32.4 Å². The van der Waals surface area contributed by atoms with Crippen molar-refractivity contribution in [2.75, 3.05) is 5.75 Å². The molecule has 0 N–H and O–H groups in total. The predicted octanol–water partition coefficient (Wildman–Crippen LogP) is 5.65. The third-order valence-corrected chi connectivity index (χ3v) is 4.82. The maximum atomic E-state index is 9.64. The molecule has 0 radical (unpaired) electrons. The summed E-state index contributed by atoms with van der Waals surface area (Å²) in [5.74, 6) is 1.39. The van der Waals surface area contributed by atoms with E-state index >= 15 is 0 Å². The van der Waals surface area contributed by atoms with Gasteiger partial charge in [0.15, 0.2) is 0 Å². The highest BCUT2D eigenvalue weighted by Gasteiger charge is 2.22. The van der Waals surface area contributed by atoms with E-state index in [-0.39, 0.29) is 6.10 Å². The van der Waals surface area contributed by atoms with Crippen LogP contribution in [0.3, 0.4) is 0 Å². The highest BCUT2D eigenvalue weighted by atomic mass is 35.5. The van der Waals surface area contributed by atoms with Gasteiger partial charge in [0.1, 0.15) is 28.1 Å². The van der Waals surface area contributed by atoms with Crippen molar-refractivity contribution in [1.29, 1.82) is 5.26 Å². The molecule has 0 saturated carbocycles. The molecule has 0 aliphatic rings. The van der Waals surface area contributed by atoms with Crippen LogP contribution in [0.4, 0.5) is 0 Å². The zero-order valence-corrected chi connectivity index (χ0v) is 16.4. The van der Waals surface area contributed by atoms with Crippen LogP contribution in [0, 0.1) is 11.3 Å². The molecule has 7 heteroatoms. The fourth-order valence-electron chi connectivity index (χ4n) is 2.29. The maximum Gasteiger partial charge on any atom is 0.139 e. The normalized spacial score (nSPS) is 10.9. The van der Waals surface area contributed by atoms with Crippen LogP contribution in [0.15, 0.2) is 17.2 Å². The monoisotopic (exact) mass is 383 g/mol. The summed E-state index contributed by atoms with van der Waals surface area (Å²) in [6.07, 6.45) is -0.0219. The summed E-state index contributed by atoms with van der Waals surface area (Å²) in [4.78, 5) is 0. The molecule has 0 atom stereocenters. The lowest BCUT2D eigenvalue weighted by atomic mass is 10.1. The number of hydrogen-bond acceptors (Lipinski definition) is 4. The standard InChI is InChI=1S/C17H19Cl2N3OS/c1-5-22-17(24-6-2)12(9-20)16(21-22)11-7-15(23-10(3)4)14(19)8-13(11)18/h7-8,10H,5-6H2,1-4H3. The van der Waals surface area contributed by atoms with Gasteiger partial charge in [-0.1, -0.05) is 30.1 Å². The zero-order chi connectivity index (χ0) is 17.9. The van der Waals surface area contributed by atoms with Gasteiger partial charge in [0.05, 0.1) is 16.1 Å². The minimum absolute atomic E-state index is 0.0219. The Bertz CT molecular complexity index is 781. The average molecular weight is 384 g/mol. The Morgan fingerprint density at radius 2 is 2.00 bits per heavy atom. The molecule has 1 aromatic heterocycles. The second-order valence-electron chi connectivity index (χ2n) is 5.32. The van der Waals surface area contributed by atoms with E-state index in [2.05, 4.69) is 11.2 Å². The van der Waals surface area contributed by atoms with E-state index in [4.69, 9.17) is 27.9 Å². The van der Waals surface area contributed by atoms with Gasteiger partial charge >= 0.3 is 0 Å². The Labute approximate surface area is 156 Å². The first-order chi connectivity index (χ1) is 11.4. The molecule has 0 fully saturated rings. The van der Waals surface area contributed by atoms with Gasteiger partial charge in [0, 0.05) is 12.1 Å². The first kappa shape index (κ1) is 19.0. The van der Waals surface area contributed by atoms with Crippen molar-refractivity contribution >= 4 is 35.0 Å². The van der Waals surface area contributed by atoms with E-state index in [0.29, 0.717) is 39.2 Å². The SMILES string of the molecule is CCSc1c(C#N)c(-c2cc(OC(C)C)c(Cl)cc2Cl)nn1CC. The molecule has 24 heavy (non-hydrogen) atoms. The number of nitriles is 1. The molecule has 0 spiro atoms. The molecule has 0 aliphatic carbocycles. The van der Waals surface area contributed by atoms with Crippen LogP contribution in [0.2, 0.25) is 10.0 Å². The maximum absolute atomic E-state index is 9.64. The van der Waals surface area contributed by atoms with Crippen molar-refractivity contribution in [2.24, 2.45) is 0 Å². The van der Waals surface area contributed by atoms with Crippen molar-refractivity contribution in [3.05, 3.63) is 27.7 Å². The number of rotatable bonds is 6. The molecular formula is C17H19Cl2N3OS. The molecule has 128 valence electrons. The quantitative estimate of drug-likeness (QED) is 0.604. The molecule has 4 nitrogen and oxygen atoms in total. The highest BCUT2D eigenvalue weighted by molar-refractivity contribution is 7.99. The highest BCUT2D eigenvalue weighted by Crippen LogP contribution is 2.40. The molecule has 0 bridgehead atoms. The number of nitrogens with zero attached hydrogens (tertiary/aromatic N) is 3.